The smallest absolute Gasteiger partial charge is 0.260 e. The number of carbonyl (C=O) groups is 1. The van der Waals surface area contributed by atoms with E-state index in [1.165, 1.54) is 0 Å². The summed E-state index contributed by atoms with van der Waals surface area (Å²) >= 11 is 5.90. The predicted octanol–water partition coefficient (Wildman–Crippen LogP) is 2.19. The average molecular weight is 297 g/mol. The number of likely N-dealkylation sites (N-methyl/N-ethyl adjacent to an activating group) is 1. The number of aryl methyl sites for hydroxylation is 1. The van der Waals surface area contributed by atoms with E-state index in [0.717, 1.165) is 43.9 Å². The van der Waals surface area contributed by atoms with Gasteiger partial charge in [-0.15, -0.1) is 0 Å². The van der Waals surface area contributed by atoms with Gasteiger partial charge in [-0.3, -0.25) is 4.79 Å². The minimum atomic E-state index is 0.0506. The fourth-order valence-corrected chi connectivity index (χ4v) is 2.53. The Labute approximate surface area is 125 Å². The summed E-state index contributed by atoms with van der Waals surface area (Å²) in [5, 5.41) is 0.678. The molecule has 1 aliphatic heterocycles. The Kier molecular flexibility index (Phi) is 5.26. The lowest BCUT2D eigenvalue weighted by Gasteiger charge is -2.21. The third-order valence-electron chi connectivity index (χ3n) is 3.56. The molecule has 5 heteroatoms. The number of hydrogen-bond donors (Lipinski definition) is 0. The topological polar surface area (TPSA) is 32.8 Å². The highest BCUT2D eigenvalue weighted by molar-refractivity contribution is 6.30. The summed E-state index contributed by atoms with van der Waals surface area (Å²) in [6, 6.07) is 5.42. The second-order valence-electron chi connectivity index (χ2n) is 5.24. The molecule has 1 fully saturated rings. The standard InChI is InChI=1S/C15H21ClN2O2/c1-12-10-13(16)4-5-14(12)20-11-15(19)18-7-3-6-17(2)8-9-18/h4-5,10H,3,6-9,11H2,1-2H3. The van der Waals surface area contributed by atoms with Crippen LogP contribution in [-0.2, 0) is 4.79 Å². The lowest BCUT2D eigenvalue weighted by Crippen LogP contribution is -2.37. The highest BCUT2D eigenvalue weighted by Gasteiger charge is 2.17. The average Bonchev–Trinajstić information content (AvgIpc) is 2.62. The van der Waals surface area contributed by atoms with Gasteiger partial charge in [-0.05, 0) is 50.7 Å². The van der Waals surface area contributed by atoms with Gasteiger partial charge in [0.25, 0.3) is 5.91 Å². The SMILES string of the molecule is Cc1cc(Cl)ccc1OCC(=O)N1CCCN(C)CC1. The summed E-state index contributed by atoms with van der Waals surface area (Å²) in [6.45, 7) is 5.57. The number of ether oxygens (including phenoxy) is 1. The molecular formula is C15H21ClN2O2. The van der Waals surface area contributed by atoms with Crippen LogP contribution >= 0.6 is 11.6 Å². The first-order chi connectivity index (χ1) is 9.56. The van der Waals surface area contributed by atoms with Crippen LogP contribution in [-0.4, -0.2) is 55.5 Å². The van der Waals surface area contributed by atoms with Crippen LogP contribution in [0, 0.1) is 6.92 Å². The van der Waals surface area contributed by atoms with Gasteiger partial charge in [0.15, 0.2) is 6.61 Å². The summed E-state index contributed by atoms with van der Waals surface area (Å²) in [7, 11) is 2.08. The zero-order valence-electron chi connectivity index (χ0n) is 12.1. The highest BCUT2D eigenvalue weighted by Crippen LogP contribution is 2.21. The van der Waals surface area contributed by atoms with Crippen molar-refractivity contribution in [3.05, 3.63) is 28.8 Å². The molecule has 1 saturated heterocycles. The van der Waals surface area contributed by atoms with Gasteiger partial charge >= 0.3 is 0 Å². The molecule has 1 heterocycles. The summed E-state index contributed by atoms with van der Waals surface area (Å²) in [4.78, 5) is 16.3. The van der Waals surface area contributed by atoms with Gasteiger partial charge < -0.3 is 14.5 Å². The summed E-state index contributed by atoms with van der Waals surface area (Å²) in [5.74, 6) is 0.768. The fraction of sp³-hybridized carbons (Fsp3) is 0.533. The number of rotatable bonds is 3. The highest BCUT2D eigenvalue weighted by atomic mass is 35.5. The molecular weight excluding hydrogens is 276 g/mol. The van der Waals surface area contributed by atoms with Crippen LogP contribution in [0.15, 0.2) is 18.2 Å². The largest absolute Gasteiger partial charge is 0.483 e. The monoisotopic (exact) mass is 296 g/mol. The van der Waals surface area contributed by atoms with Crippen LogP contribution in [0.3, 0.4) is 0 Å². The van der Waals surface area contributed by atoms with Crippen molar-refractivity contribution >= 4 is 17.5 Å². The van der Waals surface area contributed by atoms with Gasteiger partial charge in [0.2, 0.25) is 0 Å². The van der Waals surface area contributed by atoms with Gasteiger partial charge in [0.05, 0.1) is 0 Å². The first-order valence-electron chi connectivity index (χ1n) is 6.91. The van der Waals surface area contributed by atoms with Gasteiger partial charge in [0, 0.05) is 24.7 Å². The minimum absolute atomic E-state index is 0.0506. The third kappa shape index (κ3) is 4.12. The van der Waals surface area contributed by atoms with E-state index in [1.54, 1.807) is 12.1 Å². The molecule has 0 atom stereocenters. The van der Waals surface area contributed by atoms with E-state index < -0.39 is 0 Å². The number of benzene rings is 1. The van der Waals surface area contributed by atoms with E-state index in [4.69, 9.17) is 16.3 Å². The number of halogens is 1. The predicted molar refractivity (Wildman–Crippen MR) is 80.4 cm³/mol. The molecule has 0 radical (unpaired) electrons. The summed E-state index contributed by atoms with van der Waals surface area (Å²) < 4.78 is 5.61. The number of amides is 1. The molecule has 0 unspecified atom stereocenters. The van der Waals surface area contributed by atoms with E-state index in [-0.39, 0.29) is 12.5 Å². The lowest BCUT2D eigenvalue weighted by molar-refractivity contribution is -0.133. The Morgan fingerprint density at radius 3 is 2.85 bits per heavy atom. The van der Waals surface area contributed by atoms with Crippen LogP contribution in [0.1, 0.15) is 12.0 Å². The molecule has 0 N–H and O–H groups in total. The molecule has 1 aliphatic rings. The molecule has 2 rings (SSSR count). The molecule has 20 heavy (non-hydrogen) atoms. The quantitative estimate of drug-likeness (QED) is 0.857. The van der Waals surface area contributed by atoms with E-state index in [1.807, 2.05) is 17.9 Å². The van der Waals surface area contributed by atoms with Gasteiger partial charge in [0.1, 0.15) is 5.75 Å². The van der Waals surface area contributed by atoms with Crippen molar-refractivity contribution in [2.24, 2.45) is 0 Å². The molecule has 0 aromatic heterocycles. The molecule has 0 aliphatic carbocycles. The van der Waals surface area contributed by atoms with E-state index in [2.05, 4.69) is 11.9 Å². The van der Waals surface area contributed by atoms with Crippen molar-refractivity contribution in [1.29, 1.82) is 0 Å². The molecule has 0 spiro atoms. The zero-order chi connectivity index (χ0) is 14.5. The van der Waals surface area contributed by atoms with Gasteiger partial charge in [-0.1, -0.05) is 11.6 Å². The fourth-order valence-electron chi connectivity index (χ4n) is 2.30. The van der Waals surface area contributed by atoms with Crippen LogP contribution in [0.25, 0.3) is 0 Å². The third-order valence-corrected chi connectivity index (χ3v) is 3.80. The minimum Gasteiger partial charge on any atom is -0.483 e. The van der Waals surface area contributed by atoms with Crippen molar-refractivity contribution < 1.29 is 9.53 Å². The molecule has 0 saturated carbocycles. The van der Waals surface area contributed by atoms with Crippen LogP contribution < -0.4 is 4.74 Å². The molecule has 1 amide bonds. The number of carbonyl (C=O) groups excluding carboxylic acids is 1. The Morgan fingerprint density at radius 2 is 2.10 bits per heavy atom. The normalized spacial score (nSPS) is 16.9. The molecule has 4 nitrogen and oxygen atoms in total. The second-order valence-corrected chi connectivity index (χ2v) is 5.67. The maximum atomic E-state index is 12.2. The van der Waals surface area contributed by atoms with Crippen LogP contribution in [0.5, 0.6) is 5.75 Å². The van der Waals surface area contributed by atoms with Crippen molar-refractivity contribution in [2.75, 3.05) is 39.8 Å². The lowest BCUT2D eigenvalue weighted by atomic mass is 10.2. The molecule has 1 aromatic carbocycles. The maximum absolute atomic E-state index is 12.2. The summed E-state index contributed by atoms with van der Waals surface area (Å²) in [6.07, 6.45) is 1.02. The van der Waals surface area contributed by atoms with E-state index in [9.17, 15) is 4.79 Å². The Hall–Kier alpha value is -1.26. The first kappa shape index (κ1) is 15.1. The van der Waals surface area contributed by atoms with Crippen LogP contribution in [0.2, 0.25) is 5.02 Å². The Balaban J connectivity index is 1.88. The summed E-state index contributed by atoms with van der Waals surface area (Å²) in [5.41, 5.74) is 0.945. The first-order valence-corrected chi connectivity index (χ1v) is 7.29. The van der Waals surface area contributed by atoms with Crippen LogP contribution in [0.4, 0.5) is 0 Å². The van der Waals surface area contributed by atoms with Crippen molar-refractivity contribution in [3.8, 4) is 5.75 Å². The second kappa shape index (κ2) is 6.95. The van der Waals surface area contributed by atoms with Gasteiger partial charge in [-0.2, -0.15) is 0 Å². The van der Waals surface area contributed by atoms with E-state index in [0.29, 0.717) is 5.02 Å². The van der Waals surface area contributed by atoms with E-state index >= 15 is 0 Å². The number of hydrogen-bond acceptors (Lipinski definition) is 3. The zero-order valence-corrected chi connectivity index (χ0v) is 12.8. The molecule has 1 aromatic rings. The maximum Gasteiger partial charge on any atom is 0.260 e. The number of nitrogens with zero attached hydrogens (tertiary/aromatic N) is 2. The van der Waals surface area contributed by atoms with Crippen molar-refractivity contribution in [1.82, 2.24) is 9.80 Å². The molecule has 0 bridgehead atoms. The van der Waals surface area contributed by atoms with Crippen molar-refractivity contribution in [3.63, 3.8) is 0 Å². The Morgan fingerprint density at radius 1 is 1.30 bits per heavy atom. The van der Waals surface area contributed by atoms with Gasteiger partial charge in [-0.25, -0.2) is 0 Å². The Bertz CT molecular complexity index is 479. The molecule has 110 valence electrons. The van der Waals surface area contributed by atoms with Crippen molar-refractivity contribution in [2.45, 2.75) is 13.3 Å².